The van der Waals surface area contributed by atoms with Crippen LogP contribution in [0.2, 0.25) is 0 Å². The number of phenolic OH excluding ortho intramolecular Hbond substituents is 1. The van der Waals surface area contributed by atoms with Gasteiger partial charge in [-0.3, -0.25) is 0 Å². The van der Waals surface area contributed by atoms with Gasteiger partial charge in [-0.05, 0) is 62.4 Å². The minimum absolute atomic E-state index is 0.196. The van der Waals surface area contributed by atoms with E-state index in [-0.39, 0.29) is 5.75 Å². The molecule has 0 aliphatic rings. The Hall–Kier alpha value is -3.35. The van der Waals surface area contributed by atoms with Crippen LogP contribution in [0.3, 0.4) is 0 Å². The lowest BCUT2D eigenvalue weighted by Gasteiger charge is -1.95. The highest BCUT2D eigenvalue weighted by atomic mass is 16.5. The molecular formula is C17H15N5O2. The van der Waals surface area contributed by atoms with Gasteiger partial charge in [-0.2, -0.15) is 15.3 Å². The molecule has 0 aliphatic heterocycles. The van der Waals surface area contributed by atoms with Crippen LogP contribution in [0.4, 0.5) is 22.7 Å². The van der Waals surface area contributed by atoms with Crippen molar-refractivity contribution in [2.75, 3.05) is 0 Å². The molecule has 3 aromatic rings. The Morgan fingerprint density at radius 1 is 0.750 bits per heavy atom. The Morgan fingerprint density at radius 3 is 1.67 bits per heavy atom. The van der Waals surface area contributed by atoms with E-state index < -0.39 is 0 Å². The van der Waals surface area contributed by atoms with Gasteiger partial charge >= 0.3 is 0 Å². The number of phenols is 1. The van der Waals surface area contributed by atoms with Crippen molar-refractivity contribution in [2.45, 2.75) is 13.8 Å². The quantitative estimate of drug-likeness (QED) is 0.612. The first-order chi connectivity index (χ1) is 11.6. The predicted octanol–water partition coefficient (Wildman–Crippen LogP) is 5.83. The van der Waals surface area contributed by atoms with E-state index in [0.29, 0.717) is 34.2 Å². The smallest absolute Gasteiger partial charge is 0.161 e. The summed E-state index contributed by atoms with van der Waals surface area (Å²) >= 11 is 0. The molecule has 0 amide bonds. The fourth-order valence-corrected chi connectivity index (χ4v) is 1.95. The number of aromatic hydroxyl groups is 1. The molecule has 7 heteroatoms. The number of benzene rings is 2. The molecule has 0 fully saturated rings. The van der Waals surface area contributed by atoms with E-state index in [1.54, 1.807) is 55.5 Å². The predicted molar refractivity (Wildman–Crippen MR) is 88.9 cm³/mol. The maximum absolute atomic E-state index is 9.22. The highest BCUT2D eigenvalue weighted by Gasteiger charge is 2.07. The Labute approximate surface area is 138 Å². The molecule has 0 unspecified atom stereocenters. The maximum Gasteiger partial charge on any atom is 0.161 e. The molecule has 0 saturated heterocycles. The number of aromatic nitrogens is 1. The van der Waals surface area contributed by atoms with Gasteiger partial charge in [0.1, 0.15) is 11.4 Å². The van der Waals surface area contributed by atoms with E-state index in [9.17, 15) is 5.11 Å². The Bertz CT molecular complexity index is 861. The summed E-state index contributed by atoms with van der Waals surface area (Å²) in [6, 6.07) is 13.7. The Kier molecular flexibility index (Phi) is 4.42. The van der Waals surface area contributed by atoms with Crippen LogP contribution in [0, 0.1) is 13.8 Å². The molecule has 3 rings (SSSR count). The zero-order valence-corrected chi connectivity index (χ0v) is 13.2. The summed E-state index contributed by atoms with van der Waals surface area (Å²) in [5.74, 6) is 0.831. The molecule has 1 aromatic heterocycles. The normalized spacial score (nSPS) is 11.6. The van der Waals surface area contributed by atoms with Gasteiger partial charge in [-0.25, -0.2) is 0 Å². The summed E-state index contributed by atoms with van der Waals surface area (Å²) in [6.45, 7) is 3.61. The van der Waals surface area contributed by atoms with Crippen LogP contribution in [0.5, 0.6) is 5.75 Å². The lowest BCUT2D eigenvalue weighted by atomic mass is 10.3. The monoisotopic (exact) mass is 321 g/mol. The first-order valence-electron chi connectivity index (χ1n) is 7.27. The highest BCUT2D eigenvalue weighted by molar-refractivity contribution is 5.49. The van der Waals surface area contributed by atoms with Gasteiger partial charge in [0.2, 0.25) is 0 Å². The molecule has 24 heavy (non-hydrogen) atoms. The summed E-state index contributed by atoms with van der Waals surface area (Å²) in [7, 11) is 0. The van der Waals surface area contributed by atoms with E-state index >= 15 is 0 Å². The van der Waals surface area contributed by atoms with E-state index in [4.69, 9.17) is 4.52 Å². The van der Waals surface area contributed by atoms with Crippen molar-refractivity contribution >= 4 is 22.7 Å². The number of hydrogen-bond donors (Lipinski definition) is 1. The van der Waals surface area contributed by atoms with Crippen molar-refractivity contribution in [3.8, 4) is 5.75 Å². The molecule has 0 saturated carbocycles. The van der Waals surface area contributed by atoms with Crippen molar-refractivity contribution in [2.24, 2.45) is 20.5 Å². The fraction of sp³-hybridized carbons (Fsp3) is 0.118. The minimum atomic E-state index is 0.196. The summed E-state index contributed by atoms with van der Waals surface area (Å²) in [5, 5.41) is 29.6. The zero-order chi connectivity index (χ0) is 16.9. The average Bonchev–Trinajstić information content (AvgIpc) is 2.92. The van der Waals surface area contributed by atoms with Crippen molar-refractivity contribution < 1.29 is 9.63 Å². The minimum Gasteiger partial charge on any atom is -0.508 e. The summed E-state index contributed by atoms with van der Waals surface area (Å²) in [5.41, 5.74) is 3.40. The van der Waals surface area contributed by atoms with Crippen LogP contribution >= 0.6 is 0 Å². The Balaban J connectivity index is 1.70. The van der Waals surface area contributed by atoms with Crippen molar-refractivity contribution in [1.82, 2.24) is 5.16 Å². The molecule has 1 N–H and O–H groups in total. The maximum atomic E-state index is 9.22. The van der Waals surface area contributed by atoms with Crippen molar-refractivity contribution in [3.05, 3.63) is 60.0 Å². The molecule has 120 valence electrons. The number of azo groups is 2. The lowest BCUT2D eigenvalue weighted by molar-refractivity contribution is 0.393. The Morgan fingerprint density at radius 2 is 1.21 bits per heavy atom. The summed E-state index contributed by atoms with van der Waals surface area (Å²) < 4.78 is 5.04. The molecule has 1 heterocycles. The second-order valence-electron chi connectivity index (χ2n) is 5.11. The first kappa shape index (κ1) is 15.5. The summed E-state index contributed by atoms with van der Waals surface area (Å²) in [4.78, 5) is 0. The third-order valence-corrected chi connectivity index (χ3v) is 3.24. The van der Waals surface area contributed by atoms with Gasteiger partial charge in [-0.1, -0.05) is 5.16 Å². The molecule has 0 aliphatic carbocycles. The van der Waals surface area contributed by atoms with Crippen molar-refractivity contribution in [3.63, 3.8) is 0 Å². The van der Waals surface area contributed by atoms with Crippen LogP contribution in [-0.2, 0) is 0 Å². The molecule has 7 nitrogen and oxygen atoms in total. The first-order valence-corrected chi connectivity index (χ1v) is 7.27. The van der Waals surface area contributed by atoms with Crippen molar-refractivity contribution in [1.29, 1.82) is 0 Å². The lowest BCUT2D eigenvalue weighted by Crippen LogP contribution is -1.69. The third-order valence-electron chi connectivity index (χ3n) is 3.24. The molecule has 0 spiro atoms. The molecule has 0 radical (unpaired) electrons. The molecule has 0 atom stereocenters. The van der Waals surface area contributed by atoms with E-state index in [2.05, 4.69) is 25.6 Å². The van der Waals surface area contributed by atoms with E-state index in [0.717, 1.165) is 0 Å². The third kappa shape index (κ3) is 3.70. The number of nitrogens with zero attached hydrogens (tertiary/aromatic N) is 5. The van der Waals surface area contributed by atoms with Gasteiger partial charge in [0, 0.05) is 0 Å². The zero-order valence-electron chi connectivity index (χ0n) is 13.2. The van der Waals surface area contributed by atoms with Crippen LogP contribution in [0.1, 0.15) is 11.5 Å². The second-order valence-corrected chi connectivity index (χ2v) is 5.11. The van der Waals surface area contributed by atoms with Gasteiger partial charge in [-0.15, -0.1) is 5.11 Å². The van der Waals surface area contributed by atoms with E-state index in [1.165, 1.54) is 0 Å². The molecular weight excluding hydrogens is 306 g/mol. The van der Waals surface area contributed by atoms with E-state index in [1.807, 2.05) is 6.92 Å². The standard InChI is InChI=1S/C17H15N5O2/c1-11-17(12(2)24-22-11)21-20-14-5-3-13(4-6-14)18-19-15-7-9-16(23)10-8-15/h3-10,23H,1-2H3. The van der Waals surface area contributed by atoms with Gasteiger partial charge in [0.05, 0.1) is 17.1 Å². The van der Waals surface area contributed by atoms with Crippen LogP contribution < -0.4 is 0 Å². The number of hydrogen-bond acceptors (Lipinski definition) is 7. The highest BCUT2D eigenvalue weighted by Crippen LogP contribution is 2.27. The summed E-state index contributed by atoms with van der Waals surface area (Å²) in [6.07, 6.45) is 0. The van der Waals surface area contributed by atoms with Crippen LogP contribution in [0.25, 0.3) is 0 Å². The second kappa shape index (κ2) is 6.82. The SMILES string of the molecule is Cc1noc(C)c1N=Nc1ccc(N=Nc2ccc(O)cc2)cc1. The average molecular weight is 321 g/mol. The van der Waals surface area contributed by atoms with Crippen LogP contribution in [0.15, 0.2) is 73.5 Å². The van der Waals surface area contributed by atoms with Crippen LogP contribution in [-0.4, -0.2) is 10.3 Å². The fourth-order valence-electron chi connectivity index (χ4n) is 1.95. The molecule has 2 aromatic carbocycles. The van der Waals surface area contributed by atoms with Gasteiger partial charge < -0.3 is 9.63 Å². The number of rotatable bonds is 4. The topological polar surface area (TPSA) is 95.7 Å². The van der Waals surface area contributed by atoms with Gasteiger partial charge in [0.25, 0.3) is 0 Å². The largest absolute Gasteiger partial charge is 0.508 e. The van der Waals surface area contributed by atoms with Gasteiger partial charge in [0.15, 0.2) is 11.4 Å². The molecule has 0 bridgehead atoms. The number of aryl methyl sites for hydroxylation is 2.